The van der Waals surface area contributed by atoms with E-state index in [2.05, 4.69) is 4.98 Å². The molecular formula is C15H13N5O. The van der Waals surface area contributed by atoms with Gasteiger partial charge < -0.3 is 16.2 Å². The number of hydrogen-bond donors (Lipinski definition) is 3. The minimum Gasteiger partial charge on any atom is -0.439 e. The van der Waals surface area contributed by atoms with Gasteiger partial charge in [0, 0.05) is 17.8 Å². The molecule has 0 aliphatic heterocycles. The van der Waals surface area contributed by atoms with Gasteiger partial charge in [0.1, 0.15) is 23.2 Å². The molecule has 0 fully saturated rings. The Morgan fingerprint density at radius 2 is 1.86 bits per heavy atom. The number of nitrogens with zero attached hydrogens (tertiary/aromatic N) is 2. The van der Waals surface area contributed by atoms with Gasteiger partial charge in [-0.1, -0.05) is 18.2 Å². The lowest BCUT2D eigenvalue weighted by Crippen LogP contribution is -2.16. The highest BCUT2D eigenvalue weighted by Crippen LogP contribution is 2.20. The van der Waals surface area contributed by atoms with E-state index in [1.165, 1.54) is 6.20 Å². The molecule has 104 valence electrons. The number of benzene rings is 1. The molecule has 0 saturated heterocycles. The molecule has 0 unspecified atom stereocenters. The molecule has 2 rings (SSSR count). The predicted octanol–water partition coefficient (Wildman–Crippen LogP) is 2.00. The summed E-state index contributed by atoms with van der Waals surface area (Å²) in [7, 11) is 0. The fourth-order valence-electron chi connectivity index (χ4n) is 1.62. The minimum absolute atomic E-state index is 0.0754. The van der Waals surface area contributed by atoms with E-state index in [-0.39, 0.29) is 17.1 Å². The molecule has 1 aromatic carbocycles. The summed E-state index contributed by atoms with van der Waals surface area (Å²) >= 11 is 0. The first-order chi connectivity index (χ1) is 10.1. The molecule has 0 amide bonds. The van der Waals surface area contributed by atoms with Crippen LogP contribution in [0.25, 0.3) is 5.70 Å². The zero-order valence-electron chi connectivity index (χ0n) is 11.1. The number of rotatable bonds is 4. The van der Waals surface area contributed by atoms with E-state index in [1.54, 1.807) is 18.2 Å². The first-order valence-electron chi connectivity index (χ1n) is 6.05. The summed E-state index contributed by atoms with van der Waals surface area (Å²) < 4.78 is 5.55. The quantitative estimate of drug-likeness (QED) is 0.449. The summed E-state index contributed by atoms with van der Waals surface area (Å²) in [5.41, 5.74) is 11.6. The number of hydrogen-bond acceptors (Lipinski definition) is 5. The van der Waals surface area contributed by atoms with Gasteiger partial charge in [-0.15, -0.1) is 0 Å². The van der Waals surface area contributed by atoms with Crippen LogP contribution in [-0.4, -0.2) is 10.8 Å². The van der Waals surface area contributed by atoms with Crippen LogP contribution < -0.4 is 16.2 Å². The predicted molar refractivity (Wildman–Crippen MR) is 79.4 cm³/mol. The van der Waals surface area contributed by atoms with Crippen LogP contribution in [0.5, 0.6) is 11.6 Å². The number of pyridine rings is 1. The first-order valence-corrected chi connectivity index (χ1v) is 6.05. The van der Waals surface area contributed by atoms with Crippen molar-refractivity contribution in [2.24, 2.45) is 11.5 Å². The Kier molecular flexibility index (Phi) is 4.17. The number of nitrogens with two attached hydrogens (primary N) is 2. The molecule has 1 heterocycles. The van der Waals surface area contributed by atoms with Crippen LogP contribution >= 0.6 is 0 Å². The molecule has 0 radical (unpaired) electrons. The smallest absolute Gasteiger partial charge is 0.219 e. The van der Waals surface area contributed by atoms with Crippen molar-refractivity contribution in [2.45, 2.75) is 0 Å². The second kappa shape index (κ2) is 6.21. The van der Waals surface area contributed by atoms with E-state index in [4.69, 9.17) is 26.9 Å². The highest BCUT2D eigenvalue weighted by molar-refractivity contribution is 6.05. The number of nitrogens with one attached hydrogen (secondary N) is 1. The van der Waals surface area contributed by atoms with E-state index in [1.807, 2.05) is 30.3 Å². The van der Waals surface area contributed by atoms with Gasteiger partial charge in [-0.3, -0.25) is 5.41 Å². The summed E-state index contributed by atoms with van der Waals surface area (Å²) in [6.45, 7) is 0. The van der Waals surface area contributed by atoms with E-state index in [0.29, 0.717) is 17.2 Å². The molecule has 0 spiro atoms. The molecule has 1 aromatic heterocycles. The zero-order chi connectivity index (χ0) is 15.2. The maximum atomic E-state index is 8.92. The van der Waals surface area contributed by atoms with Gasteiger partial charge in [-0.25, -0.2) is 4.98 Å². The fourth-order valence-corrected chi connectivity index (χ4v) is 1.62. The molecular weight excluding hydrogens is 266 g/mol. The van der Waals surface area contributed by atoms with Crippen molar-refractivity contribution in [1.82, 2.24) is 4.98 Å². The van der Waals surface area contributed by atoms with Crippen LogP contribution in [0.1, 0.15) is 5.56 Å². The largest absolute Gasteiger partial charge is 0.439 e. The summed E-state index contributed by atoms with van der Waals surface area (Å²) in [6, 6.07) is 14.3. The Hall–Kier alpha value is -3.33. The Morgan fingerprint density at radius 3 is 2.38 bits per heavy atom. The maximum absolute atomic E-state index is 8.92. The van der Waals surface area contributed by atoms with Crippen LogP contribution in [0.15, 0.2) is 54.2 Å². The number of nitriles is 1. The van der Waals surface area contributed by atoms with Crippen molar-refractivity contribution >= 4 is 11.5 Å². The van der Waals surface area contributed by atoms with Gasteiger partial charge in [0.25, 0.3) is 0 Å². The Balaban J connectivity index is 2.24. The molecule has 6 heteroatoms. The second-order valence-corrected chi connectivity index (χ2v) is 4.11. The average Bonchev–Trinajstić information content (AvgIpc) is 2.49. The normalized spacial score (nSPS) is 11.2. The summed E-state index contributed by atoms with van der Waals surface area (Å²) in [5, 5.41) is 16.2. The van der Waals surface area contributed by atoms with Gasteiger partial charge in [0.15, 0.2) is 0 Å². The number of para-hydroxylation sites is 1. The molecule has 5 N–H and O–H groups in total. The van der Waals surface area contributed by atoms with Gasteiger partial charge in [-0.2, -0.15) is 5.26 Å². The van der Waals surface area contributed by atoms with Crippen molar-refractivity contribution in [3.8, 4) is 17.7 Å². The average molecular weight is 279 g/mol. The highest BCUT2D eigenvalue weighted by atomic mass is 16.5. The molecule has 0 aliphatic carbocycles. The molecule has 0 bridgehead atoms. The standard InChI is InChI=1S/C15H13N5O/c16-8-12(15(18)19)14(17)10-6-7-13(20-9-10)21-11-4-2-1-3-5-11/h1-7,9H,17H2,(H3,18,19). The Labute approximate surface area is 121 Å². The molecule has 21 heavy (non-hydrogen) atoms. The Bertz CT molecular complexity index is 714. The second-order valence-electron chi connectivity index (χ2n) is 4.11. The third-order valence-electron chi connectivity index (χ3n) is 2.66. The lowest BCUT2D eigenvalue weighted by Gasteiger charge is -2.07. The summed E-state index contributed by atoms with van der Waals surface area (Å²) in [5.74, 6) is 0.696. The summed E-state index contributed by atoms with van der Waals surface area (Å²) in [4.78, 5) is 4.11. The van der Waals surface area contributed by atoms with E-state index in [9.17, 15) is 0 Å². The van der Waals surface area contributed by atoms with E-state index >= 15 is 0 Å². The van der Waals surface area contributed by atoms with Crippen LogP contribution in [0.3, 0.4) is 0 Å². The molecule has 6 nitrogen and oxygen atoms in total. The molecule has 0 saturated carbocycles. The van der Waals surface area contributed by atoms with Crippen LogP contribution in [0.2, 0.25) is 0 Å². The van der Waals surface area contributed by atoms with Gasteiger partial charge in [0.2, 0.25) is 5.88 Å². The minimum atomic E-state index is -0.375. The van der Waals surface area contributed by atoms with Crippen LogP contribution in [0, 0.1) is 16.7 Å². The number of amidine groups is 1. The molecule has 2 aromatic rings. The van der Waals surface area contributed by atoms with E-state index < -0.39 is 0 Å². The highest BCUT2D eigenvalue weighted by Gasteiger charge is 2.09. The van der Waals surface area contributed by atoms with Gasteiger partial charge in [-0.05, 0) is 18.2 Å². The molecule has 0 aliphatic rings. The van der Waals surface area contributed by atoms with Gasteiger partial charge in [0.05, 0.1) is 5.70 Å². The fraction of sp³-hybridized carbons (Fsp3) is 0. The number of aromatic nitrogens is 1. The molecule has 0 atom stereocenters. The lowest BCUT2D eigenvalue weighted by molar-refractivity contribution is 0.463. The van der Waals surface area contributed by atoms with Crippen molar-refractivity contribution < 1.29 is 4.74 Å². The Morgan fingerprint density at radius 1 is 1.14 bits per heavy atom. The third-order valence-corrected chi connectivity index (χ3v) is 2.66. The lowest BCUT2D eigenvalue weighted by atomic mass is 10.1. The van der Waals surface area contributed by atoms with Crippen molar-refractivity contribution in [1.29, 1.82) is 10.7 Å². The zero-order valence-corrected chi connectivity index (χ0v) is 11.1. The number of ether oxygens (including phenoxy) is 1. The monoisotopic (exact) mass is 279 g/mol. The SMILES string of the molecule is N#CC(C(=N)N)=C(N)c1ccc(Oc2ccccc2)nc1. The van der Waals surface area contributed by atoms with Crippen molar-refractivity contribution in [2.75, 3.05) is 0 Å². The van der Waals surface area contributed by atoms with Crippen molar-refractivity contribution in [3.63, 3.8) is 0 Å². The van der Waals surface area contributed by atoms with Crippen LogP contribution in [0.4, 0.5) is 0 Å². The maximum Gasteiger partial charge on any atom is 0.219 e. The van der Waals surface area contributed by atoms with E-state index in [0.717, 1.165) is 0 Å². The third kappa shape index (κ3) is 3.36. The van der Waals surface area contributed by atoms with Gasteiger partial charge >= 0.3 is 0 Å². The van der Waals surface area contributed by atoms with Crippen molar-refractivity contribution in [3.05, 3.63) is 59.8 Å². The van der Waals surface area contributed by atoms with Crippen LogP contribution in [-0.2, 0) is 0 Å². The summed E-state index contributed by atoms with van der Waals surface area (Å²) in [6.07, 6.45) is 1.47. The first kappa shape index (κ1) is 14.1. The topological polar surface area (TPSA) is 122 Å².